The van der Waals surface area contributed by atoms with Gasteiger partial charge in [0.2, 0.25) is 0 Å². The Bertz CT molecular complexity index is 576. The van der Waals surface area contributed by atoms with Crippen molar-refractivity contribution in [1.82, 2.24) is 5.32 Å². The lowest BCUT2D eigenvalue weighted by Crippen LogP contribution is -2.31. The van der Waals surface area contributed by atoms with Crippen LogP contribution in [0, 0.1) is 0 Å². The van der Waals surface area contributed by atoms with Crippen LogP contribution in [-0.4, -0.2) is 17.1 Å². The van der Waals surface area contributed by atoms with Crippen molar-refractivity contribution in [3.8, 4) is 0 Å². The van der Waals surface area contributed by atoms with E-state index in [0.29, 0.717) is 10.8 Å². The SMILES string of the molecule is CC(NC(=O)Nc1sccc1C(=O)O)c1ccco1. The quantitative estimate of drug-likeness (QED) is 0.803. The first-order valence-electron chi connectivity index (χ1n) is 5.49. The van der Waals surface area contributed by atoms with Crippen molar-refractivity contribution in [2.45, 2.75) is 13.0 Å². The Morgan fingerprint density at radius 3 is 2.84 bits per heavy atom. The van der Waals surface area contributed by atoms with Crippen LogP contribution in [0.25, 0.3) is 0 Å². The number of anilines is 1. The van der Waals surface area contributed by atoms with Crippen molar-refractivity contribution in [2.75, 3.05) is 5.32 Å². The second-order valence-corrected chi connectivity index (χ2v) is 4.72. The molecule has 2 aromatic rings. The van der Waals surface area contributed by atoms with Gasteiger partial charge in [-0.05, 0) is 30.5 Å². The number of carbonyl (C=O) groups is 2. The van der Waals surface area contributed by atoms with E-state index in [0.717, 1.165) is 11.3 Å². The van der Waals surface area contributed by atoms with Crippen LogP contribution in [0.5, 0.6) is 0 Å². The molecule has 1 unspecified atom stereocenters. The maximum atomic E-state index is 11.7. The van der Waals surface area contributed by atoms with Gasteiger partial charge in [0, 0.05) is 0 Å². The minimum Gasteiger partial charge on any atom is -0.478 e. The van der Waals surface area contributed by atoms with Crippen molar-refractivity contribution in [3.63, 3.8) is 0 Å². The molecule has 100 valence electrons. The molecule has 0 aliphatic rings. The summed E-state index contributed by atoms with van der Waals surface area (Å²) in [6.45, 7) is 1.77. The summed E-state index contributed by atoms with van der Waals surface area (Å²) in [5.41, 5.74) is 0.0748. The number of hydrogen-bond acceptors (Lipinski definition) is 4. The van der Waals surface area contributed by atoms with Gasteiger partial charge in [0.05, 0.1) is 17.9 Å². The standard InChI is InChI=1S/C12H12N2O4S/c1-7(9-3-2-5-18-9)13-12(17)14-10-8(11(15)16)4-6-19-10/h2-7H,1H3,(H,15,16)(H2,13,14,17). The summed E-state index contributed by atoms with van der Waals surface area (Å²) in [6, 6.07) is 4.14. The van der Waals surface area contributed by atoms with Crippen molar-refractivity contribution >= 4 is 28.3 Å². The van der Waals surface area contributed by atoms with E-state index < -0.39 is 12.0 Å². The molecule has 0 aromatic carbocycles. The summed E-state index contributed by atoms with van der Waals surface area (Å²) >= 11 is 1.15. The number of urea groups is 1. The topological polar surface area (TPSA) is 91.6 Å². The molecule has 2 amide bonds. The summed E-state index contributed by atoms with van der Waals surface area (Å²) in [4.78, 5) is 22.6. The Hall–Kier alpha value is -2.28. The first-order valence-corrected chi connectivity index (χ1v) is 6.37. The van der Waals surface area contributed by atoms with E-state index in [4.69, 9.17) is 9.52 Å². The van der Waals surface area contributed by atoms with E-state index in [1.54, 1.807) is 24.4 Å². The number of aromatic carboxylic acids is 1. The lowest BCUT2D eigenvalue weighted by molar-refractivity contribution is 0.0698. The monoisotopic (exact) mass is 280 g/mol. The number of carbonyl (C=O) groups excluding carboxylic acids is 1. The normalized spacial score (nSPS) is 11.8. The highest BCUT2D eigenvalue weighted by atomic mass is 32.1. The van der Waals surface area contributed by atoms with E-state index in [9.17, 15) is 9.59 Å². The molecule has 2 heterocycles. The predicted molar refractivity (Wildman–Crippen MR) is 70.6 cm³/mol. The summed E-state index contributed by atoms with van der Waals surface area (Å²) in [5, 5.41) is 16.0. The van der Waals surface area contributed by atoms with Gasteiger partial charge in [0.15, 0.2) is 0 Å². The van der Waals surface area contributed by atoms with Gasteiger partial charge in [0.1, 0.15) is 10.8 Å². The highest BCUT2D eigenvalue weighted by Gasteiger charge is 2.16. The van der Waals surface area contributed by atoms with Gasteiger partial charge in [-0.15, -0.1) is 11.3 Å². The van der Waals surface area contributed by atoms with Crippen molar-refractivity contribution in [1.29, 1.82) is 0 Å². The van der Waals surface area contributed by atoms with Gasteiger partial charge >= 0.3 is 12.0 Å². The number of carboxylic acid groups (broad SMARTS) is 1. The Kier molecular flexibility index (Phi) is 3.86. The van der Waals surface area contributed by atoms with Crippen LogP contribution >= 0.6 is 11.3 Å². The van der Waals surface area contributed by atoms with Crippen LogP contribution in [0.1, 0.15) is 29.1 Å². The zero-order valence-corrected chi connectivity index (χ0v) is 10.9. The molecule has 0 radical (unpaired) electrons. The largest absolute Gasteiger partial charge is 0.478 e. The maximum Gasteiger partial charge on any atom is 0.338 e. The van der Waals surface area contributed by atoms with Gasteiger partial charge in [-0.3, -0.25) is 5.32 Å². The molecule has 2 rings (SSSR count). The lowest BCUT2D eigenvalue weighted by atomic mass is 10.2. The lowest BCUT2D eigenvalue weighted by Gasteiger charge is -2.12. The molecule has 0 spiro atoms. The van der Waals surface area contributed by atoms with Crippen molar-refractivity contribution in [3.05, 3.63) is 41.2 Å². The van der Waals surface area contributed by atoms with Gasteiger partial charge in [-0.25, -0.2) is 9.59 Å². The summed E-state index contributed by atoms with van der Waals surface area (Å²) in [6.07, 6.45) is 1.52. The second kappa shape index (κ2) is 5.57. The van der Waals surface area contributed by atoms with Gasteiger partial charge in [0.25, 0.3) is 0 Å². The van der Waals surface area contributed by atoms with E-state index in [1.165, 1.54) is 12.3 Å². The van der Waals surface area contributed by atoms with E-state index in [1.807, 2.05) is 0 Å². The molecule has 7 heteroatoms. The fraction of sp³-hybridized carbons (Fsp3) is 0.167. The van der Waals surface area contributed by atoms with Crippen LogP contribution in [0.2, 0.25) is 0 Å². The summed E-state index contributed by atoms with van der Waals surface area (Å²) in [7, 11) is 0. The van der Waals surface area contributed by atoms with Crippen molar-refractivity contribution < 1.29 is 19.1 Å². The Morgan fingerprint density at radius 1 is 1.42 bits per heavy atom. The molecule has 19 heavy (non-hydrogen) atoms. The second-order valence-electron chi connectivity index (χ2n) is 3.80. The summed E-state index contributed by atoms with van der Waals surface area (Å²) < 4.78 is 5.16. The molecule has 0 fully saturated rings. The molecule has 6 nitrogen and oxygen atoms in total. The number of furan rings is 1. The number of nitrogens with one attached hydrogen (secondary N) is 2. The fourth-order valence-corrected chi connectivity index (χ4v) is 2.29. The zero-order valence-electron chi connectivity index (χ0n) is 10.0. The average molecular weight is 280 g/mol. The molecule has 0 aliphatic heterocycles. The highest BCUT2D eigenvalue weighted by Crippen LogP contribution is 2.23. The molecule has 3 N–H and O–H groups in total. The molecule has 2 aromatic heterocycles. The molecular formula is C12H12N2O4S. The van der Waals surface area contributed by atoms with Crippen LogP contribution in [-0.2, 0) is 0 Å². The van der Waals surface area contributed by atoms with Crippen LogP contribution in [0.4, 0.5) is 9.80 Å². The fourth-order valence-electron chi connectivity index (χ4n) is 1.52. The minimum absolute atomic E-state index is 0.0748. The number of rotatable bonds is 4. The minimum atomic E-state index is -1.07. The average Bonchev–Trinajstić information content (AvgIpc) is 2.98. The van der Waals surface area contributed by atoms with E-state index >= 15 is 0 Å². The third kappa shape index (κ3) is 3.14. The highest BCUT2D eigenvalue weighted by molar-refractivity contribution is 7.14. The van der Waals surface area contributed by atoms with Crippen molar-refractivity contribution in [2.24, 2.45) is 0 Å². The Balaban J connectivity index is 1.98. The molecule has 0 saturated carbocycles. The molecule has 1 atom stereocenters. The van der Waals surface area contributed by atoms with Gasteiger partial charge in [-0.2, -0.15) is 0 Å². The van der Waals surface area contributed by atoms with Gasteiger partial charge < -0.3 is 14.8 Å². The third-order valence-corrected chi connectivity index (χ3v) is 3.27. The first kappa shape index (κ1) is 13.2. The first-order chi connectivity index (χ1) is 9.08. The maximum absolute atomic E-state index is 11.7. The molecular weight excluding hydrogens is 268 g/mol. The Labute approximate surface area is 113 Å². The van der Waals surface area contributed by atoms with Gasteiger partial charge in [-0.1, -0.05) is 0 Å². The summed E-state index contributed by atoms with van der Waals surface area (Å²) in [5.74, 6) is -0.449. The van der Waals surface area contributed by atoms with Crippen LogP contribution < -0.4 is 10.6 Å². The predicted octanol–water partition coefficient (Wildman–Crippen LogP) is 2.92. The van der Waals surface area contributed by atoms with Crippen LogP contribution in [0.15, 0.2) is 34.3 Å². The zero-order chi connectivity index (χ0) is 13.8. The molecule has 0 bridgehead atoms. The smallest absolute Gasteiger partial charge is 0.338 e. The van der Waals surface area contributed by atoms with Crippen LogP contribution in [0.3, 0.4) is 0 Å². The molecule has 0 saturated heterocycles. The number of thiophene rings is 1. The van der Waals surface area contributed by atoms with E-state index in [2.05, 4.69) is 10.6 Å². The number of hydrogen-bond donors (Lipinski definition) is 3. The number of amides is 2. The third-order valence-electron chi connectivity index (χ3n) is 2.44. The van der Waals surface area contributed by atoms with E-state index in [-0.39, 0.29) is 11.6 Å². The molecule has 0 aliphatic carbocycles. The Morgan fingerprint density at radius 2 is 2.21 bits per heavy atom. The number of carboxylic acids is 1.